The maximum Gasteiger partial charge on any atom is 0.336 e. The molecule has 2 aliphatic rings. The van der Waals surface area contributed by atoms with Gasteiger partial charge in [0.1, 0.15) is 23.6 Å². The van der Waals surface area contributed by atoms with Gasteiger partial charge in [-0.2, -0.15) is 5.26 Å². The number of carbonyl (C=O) groups excluding carboxylic acids is 2. The quantitative estimate of drug-likeness (QED) is 0.640. The molecule has 2 aliphatic heterocycles. The molecule has 3 amide bonds. The number of nitriles is 1. The summed E-state index contributed by atoms with van der Waals surface area (Å²) in [6.45, 7) is 2.22. The molecule has 3 rings (SSSR count). The zero-order valence-electron chi connectivity index (χ0n) is 15.7. The number of allylic oxidation sites excluding steroid dienone is 1. The molecule has 0 unspecified atom stereocenters. The van der Waals surface area contributed by atoms with Gasteiger partial charge in [-0.25, -0.2) is 31.3 Å². The average molecular weight is 437 g/mol. The van der Waals surface area contributed by atoms with Crippen LogP contribution >= 0.6 is 0 Å². The molecule has 30 heavy (non-hydrogen) atoms. The molecule has 10 nitrogen and oxygen atoms in total. The van der Waals surface area contributed by atoms with Crippen molar-refractivity contribution in [3.8, 4) is 6.07 Å². The number of amides is 3. The molecule has 0 aliphatic carbocycles. The summed E-state index contributed by atoms with van der Waals surface area (Å²) < 4.78 is 53.0. The molecule has 1 atom stereocenters. The minimum atomic E-state index is -4.82. The van der Waals surface area contributed by atoms with E-state index in [-0.39, 0.29) is 10.0 Å². The molecule has 0 bridgehead atoms. The summed E-state index contributed by atoms with van der Waals surface area (Å²) in [5.74, 6) is -3.97. The number of sulfonamides is 1. The van der Waals surface area contributed by atoms with Crippen molar-refractivity contribution in [3.63, 3.8) is 0 Å². The SMILES string of the molecule is C[C]1NC=C(C#N)N=C1[C@H](C)NC(=O)CN1C(=O)Nc2ccc(F)c(F)c2S1(=O)=O. The third kappa shape index (κ3) is 3.69. The van der Waals surface area contributed by atoms with E-state index in [4.69, 9.17) is 5.26 Å². The van der Waals surface area contributed by atoms with Crippen molar-refractivity contribution >= 4 is 33.4 Å². The fraction of sp³-hybridized carbons (Fsp3) is 0.235. The van der Waals surface area contributed by atoms with Crippen molar-refractivity contribution in [2.45, 2.75) is 24.8 Å². The lowest BCUT2D eigenvalue weighted by atomic mass is 10.1. The Kier molecular flexibility index (Phi) is 5.45. The highest BCUT2D eigenvalue weighted by Crippen LogP contribution is 2.33. The van der Waals surface area contributed by atoms with Crippen LogP contribution < -0.4 is 16.0 Å². The van der Waals surface area contributed by atoms with Crippen LogP contribution in [0.1, 0.15) is 13.8 Å². The number of hydrogen-bond acceptors (Lipinski definition) is 7. The Morgan fingerprint density at radius 3 is 2.77 bits per heavy atom. The van der Waals surface area contributed by atoms with Gasteiger partial charge in [-0.15, -0.1) is 0 Å². The number of aliphatic imine (C=N–C) groups is 1. The number of fused-ring (bicyclic) bond motifs is 1. The molecule has 0 saturated heterocycles. The topological polar surface area (TPSA) is 144 Å². The van der Waals surface area contributed by atoms with E-state index in [1.807, 2.05) is 6.07 Å². The van der Waals surface area contributed by atoms with Crippen LogP contribution in [0.3, 0.4) is 0 Å². The van der Waals surface area contributed by atoms with Gasteiger partial charge < -0.3 is 16.0 Å². The zero-order valence-corrected chi connectivity index (χ0v) is 16.5. The summed E-state index contributed by atoms with van der Waals surface area (Å²) >= 11 is 0. The molecule has 13 heteroatoms. The zero-order chi connectivity index (χ0) is 22.2. The van der Waals surface area contributed by atoms with Crippen LogP contribution in [0.15, 0.2) is 33.9 Å². The number of urea groups is 1. The van der Waals surface area contributed by atoms with Crippen molar-refractivity contribution in [2.24, 2.45) is 4.99 Å². The Morgan fingerprint density at radius 1 is 1.40 bits per heavy atom. The van der Waals surface area contributed by atoms with Crippen LogP contribution in [0, 0.1) is 29.0 Å². The van der Waals surface area contributed by atoms with Gasteiger partial charge in [0, 0.05) is 6.20 Å². The van der Waals surface area contributed by atoms with E-state index < -0.39 is 56.8 Å². The summed E-state index contributed by atoms with van der Waals surface area (Å²) in [5.41, 5.74) is -0.0248. The van der Waals surface area contributed by atoms with Crippen LogP contribution in [0.2, 0.25) is 0 Å². The minimum absolute atomic E-state index is 0.0730. The molecule has 0 spiro atoms. The summed E-state index contributed by atoms with van der Waals surface area (Å²) in [6, 6.07) is 2.04. The predicted molar refractivity (Wildman–Crippen MR) is 100 cm³/mol. The molecule has 1 aromatic carbocycles. The number of nitrogens with zero attached hydrogens (tertiary/aromatic N) is 3. The first-order valence-electron chi connectivity index (χ1n) is 8.46. The van der Waals surface area contributed by atoms with E-state index in [0.717, 1.165) is 6.07 Å². The van der Waals surface area contributed by atoms with Crippen molar-refractivity contribution in [3.05, 3.63) is 41.7 Å². The Morgan fingerprint density at radius 2 is 2.10 bits per heavy atom. The number of carbonyl (C=O) groups is 2. The molecule has 1 radical (unpaired) electrons. The molecule has 3 N–H and O–H groups in total. The summed E-state index contributed by atoms with van der Waals surface area (Å²) in [5, 5.41) is 16.3. The normalized spacial score (nSPS) is 18.8. The first-order chi connectivity index (χ1) is 14.1. The Bertz CT molecular complexity index is 1140. The lowest BCUT2D eigenvalue weighted by Crippen LogP contribution is -2.52. The van der Waals surface area contributed by atoms with Crippen molar-refractivity contribution < 1.29 is 26.8 Å². The van der Waals surface area contributed by atoms with E-state index in [1.54, 1.807) is 6.92 Å². The van der Waals surface area contributed by atoms with Gasteiger partial charge in [0.2, 0.25) is 5.91 Å². The van der Waals surface area contributed by atoms with Crippen molar-refractivity contribution in [1.82, 2.24) is 14.9 Å². The third-order valence-electron chi connectivity index (χ3n) is 4.31. The first-order valence-corrected chi connectivity index (χ1v) is 9.90. The van der Waals surface area contributed by atoms with Crippen LogP contribution in [0.4, 0.5) is 19.3 Å². The number of anilines is 1. The smallest absolute Gasteiger partial charge is 0.336 e. The highest BCUT2D eigenvalue weighted by molar-refractivity contribution is 7.90. The molecule has 0 aromatic heterocycles. The second-order valence-corrected chi connectivity index (χ2v) is 8.18. The monoisotopic (exact) mass is 437 g/mol. The number of rotatable bonds is 4. The van der Waals surface area contributed by atoms with Gasteiger partial charge in [-0.3, -0.25) is 4.79 Å². The molecule has 2 heterocycles. The summed E-state index contributed by atoms with van der Waals surface area (Å²) in [6.07, 6.45) is 1.38. The minimum Gasteiger partial charge on any atom is -0.376 e. The van der Waals surface area contributed by atoms with E-state index in [0.29, 0.717) is 17.8 Å². The van der Waals surface area contributed by atoms with Crippen LogP contribution in [-0.2, 0) is 14.8 Å². The molecular formula is C17H15F2N6O4S. The summed E-state index contributed by atoms with van der Waals surface area (Å²) in [7, 11) is -4.82. The average Bonchev–Trinajstić information content (AvgIpc) is 2.68. The Hall–Kier alpha value is -3.53. The Balaban J connectivity index is 1.81. The van der Waals surface area contributed by atoms with E-state index in [1.165, 1.54) is 13.1 Å². The highest BCUT2D eigenvalue weighted by atomic mass is 32.2. The van der Waals surface area contributed by atoms with Crippen LogP contribution in [0.25, 0.3) is 0 Å². The molecule has 0 fully saturated rings. The molecule has 0 saturated carbocycles. The predicted octanol–water partition coefficient (Wildman–Crippen LogP) is 0.967. The maximum absolute atomic E-state index is 14.1. The number of benzene rings is 1. The van der Waals surface area contributed by atoms with E-state index in [9.17, 15) is 26.8 Å². The lowest BCUT2D eigenvalue weighted by molar-refractivity contribution is -0.121. The second-order valence-electron chi connectivity index (χ2n) is 6.38. The van der Waals surface area contributed by atoms with Crippen LogP contribution in [0.5, 0.6) is 0 Å². The standard InChI is InChI=1S/C17H15F2N6O4S/c1-8-15(23-10(5-20)6-21-8)9(2)22-13(26)7-25-17(27)24-12-4-3-11(18)14(19)16(12)30(25,28)29/h3-4,6,9,21H,7H2,1-2H3,(H,22,26)(H,24,27)/t9-/m0/s1. The lowest BCUT2D eigenvalue weighted by Gasteiger charge is -2.29. The summed E-state index contributed by atoms with van der Waals surface area (Å²) in [4.78, 5) is 27.6. The van der Waals surface area contributed by atoms with Crippen LogP contribution in [-0.4, -0.2) is 43.0 Å². The van der Waals surface area contributed by atoms with Gasteiger partial charge in [-0.05, 0) is 26.0 Å². The number of hydrogen-bond donors (Lipinski definition) is 3. The van der Waals surface area contributed by atoms with E-state index in [2.05, 4.69) is 20.9 Å². The molecular weight excluding hydrogens is 422 g/mol. The van der Waals surface area contributed by atoms with Gasteiger partial charge in [0.05, 0.1) is 17.4 Å². The highest BCUT2D eigenvalue weighted by Gasteiger charge is 2.41. The Labute approximate surface area is 170 Å². The van der Waals surface area contributed by atoms with Gasteiger partial charge in [0.25, 0.3) is 10.0 Å². The van der Waals surface area contributed by atoms with Crippen molar-refractivity contribution in [1.29, 1.82) is 5.26 Å². The second kappa shape index (κ2) is 7.71. The van der Waals surface area contributed by atoms with Gasteiger partial charge in [0.15, 0.2) is 17.3 Å². The van der Waals surface area contributed by atoms with Gasteiger partial charge in [-0.1, -0.05) is 0 Å². The first kappa shape index (κ1) is 21.2. The van der Waals surface area contributed by atoms with E-state index >= 15 is 0 Å². The van der Waals surface area contributed by atoms with Gasteiger partial charge >= 0.3 is 6.03 Å². The fourth-order valence-electron chi connectivity index (χ4n) is 2.90. The maximum atomic E-state index is 14.1. The number of halogens is 2. The third-order valence-corrected chi connectivity index (χ3v) is 6.10. The largest absolute Gasteiger partial charge is 0.376 e. The molecule has 1 aromatic rings. The number of nitrogens with one attached hydrogen (secondary N) is 3. The molecule has 157 valence electrons. The fourth-order valence-corrected chi connectivity index (χ4v) is 4.39. The van der Waals surface area contributed by atoms with Crippen molar-refractivity contribution in [2.75, 3.05) is 11.9 Å².